The van der Waals surface area contributed by atoms with Crippen LogP contribution in [0.15, 0.2) is 28.9 Å². The average Bonchev–Trinajstić information content (AvgIpc) is 3.09. The van der Waals surface area contributed by atoms with E-state index in [1.54, 1.807) is 18.2 Å². The fraction of sp³-hybridized carbons (Fsp3) is 0.524. The van der Waals surface area contributed by atoms with E-state index in [4.69, 9.17) is 9.15 Å². The lowest BCUT2D eigenvalue weighted by Crippen LogP contribution is -2.37. The molecule has 2 aliphatic rings. The molecule has 0 unspecified atom stereocenters. The zero-order chi connectivity index (χ0) is 19.0. The van der Waals surface area contributed by atoms with E-state index in [1.165, 1.54) is 5.56 Å². The summed E-state index contributed by atoms with van der Waals surface area (Å²) >= 11 is 0. The van der Waals surface area contributed by atoms with E-state index in [0.717, 1.165) is 35.8 Å². The summed E-state index contributed by atoms with van der Waals surface area (Å²) in [6.45, 7) is 4.06. The minimum Gasteiger partial charge on any atom is -0.464 e. The van der Waals surface area contributed by atoms with Crippen LogP contribution in [0.2, 0.25) is 0 Å². The number of amides is 2. The van der Waals surface area contributed by atoms with Crippen molar-refractivity contribution in [1.29, 1.82) is 0 Å². The fourth-order valence-electron chi connectivity index (χ4n) is 4.23. The van der Waals surface area contributed by atoms with Crippen molar-refractivity contribution in [2.75, 3.05) is 26.7 Å². The number of likely N-dealkylation sites (tertiary alicyclic amines) is 1. The molecular formula is C21H26N2O4. The van der Waals surface area contributed by atoms with E-state index in [1.807, 2.05) is 11.0 Å². The van der Waals surface area contributed by atoms with E-state index in [-0.39, 0.29) is 12.0 Å². The Morgan fingerprint density at radius 1 is 1.26 bits per heavy atom. The third-order valence-electron chi connectivity index (χ3n) is 5.86. The second-order valence-electron chi connectivity index (χ2n) is 7.76. The third kappa shape index (κ3) is 3.40. The molecule has 1 atom stereocenters. The van der Waals surface area contributed by atoms with E-state index in [9.17, 15) is 9.59 Å². The maximum atomic E-state index is 12.9. The number of fused-ring (bicyclic) bond motifs is 1. The van der Waals surface area contributed by atoms with Crippen molar-refractivity contribution in [1.82, 2.24) is 9.80 Å². The predicted molar refractivity (Wildman–Crippen MR) is 102 cm³/mol. The van der Waals surface area contributed by atoms with Crippen molar-refractivity contribution in [2.24, 2.45) is 0 Å². The first-order chi connectivity index (χ1) is 13.0. The summed E-state index contributed by atoms with van der Waals surface area (Å²) in [6.07, 6.45) is 5.09. The lowest BCUT2D eigenvalue weighted by atomic mass is 9.95. The van der Waals surface area contributed by atoms with Gasteiger partial charge in [-0.1, -0.05) is 13.0 Å². The highest BCUT2D eigenvalue weighted by Crippen LogP contribution is 2.33. The van der Waals surface area contributed by atoms with Crippen LogP contribution < -0.4 is 0 Å². The van der Waals surface area contributed by atoms with Gasteiger partial charge in [-0.2, -0.15) is 0 Å². The van der Waals surface area contributed by atoms with Gasteiger partial charge in [0.2, 0.25) is 5.91 Å². The van der Waals surface area contributed by atoms with Crippen molar-refractivity contribution in [2.45, 2.75) is 44.6 Å². The zero-order valence-corrected chi connectivity index (χ0v) is 16.0. The topological polar surface area (TPSA) is 63.0 Å². The molecule has 2 saturated heterocycles. The quantitative estimate of drug-likeness (QED) is 0.831. The standard InChI is InChI=1S/C21H26N2O4/c1-3-15-5-6-18-17(11-15)16(13-26-18)12-19(24)23-9-4-7-21(8-10-23)14-22(2)20(25)27-21/h5-6,11,13H,3-4,7-10,12,14H2,1-2H3/t21-/m1/s1. The van der Waals surface area contributed by atoms with E-state index in [0.29, 0.717) is 32.5 Å². The molecule has 1 spiro atoms. The molecule has 0 N–H and O–H groups in total. The number of benzene rings is 1. The number of carbonyl (C=O) groups is 2. The molecule has 0 bridgehead atoms. The van der Waals surface area contributed by atoms with Crippen LogP contribution >= 0.6 is 0 Å². The summed E-state index contributed by atoms with van der Waals surface area (Å²) in [4.78, 5) is 28.2. The number of rotatable bonds is 3. The molecule has 2 amide bonds. The van der Waals surface area contributed by atoms with Gasteiger partial charge in [-0.15, -0.1) is 0 Å². The molecular weight excluding hydrogens is 344 g/mol. The van der Waals surface area contributed by atoms with Gasteiger partial charge in [0.05, 0.1) is 19.2 Å². The SMILES string of the molecule is CCc1ccc2occ(CC(=O)N3CCC[C@@]4(CC3)CN(C)C(=O)O4)c2c1. The van der Waals surface area contributed by atoms with Crippen molar-refractivity contribution >= 4 is 23.0 Å². The zero-order valence-electron chi connectivity index (χ0n) is 16.0. The molecule has 6 heteroatoms. The number of hydrogen-bond acceptors (Lipinski definition) is 4. The lowest BCUT2D eigenvalue weighted by Gasteiger charge is -2.25. The minimum absolute atomic E-state index is 0.106. The van der Waals surface area contributed by atoms with Crippen LogP contribution in [-0.2, 0) is 22.4 Å². The number of nitrogens with zero attached hydrogens (tertiary/aromatic N) is 2. The summed E-state index contributed by atoms with van der Waals surface area (Å²) in [6, 6.07) is 6.15. The number of aryl methyl sites for hydroxylation is 1. The second-order valence-corrected chi connectivity index (χ2v) is 7.76. The van der Waals surface area contributed by atoms with Gasteiger partial charge in [0.1, 0.15) is 11.2 Å². The molecule has 4 rings (SSSR count). The predicted octanol–water partition coefficient (Wildman–Crippen LogP) is 3.37. The molecule has 1 aromatic carbocycles. The number of ether oxygens (including phenoxy) is 1. The van der Waals surface area contributed by atoms with E-state index < -0.39 is 5.60 Å². The molecule has 6 nitrogen and oxygen atoms in total. The van der Waals surface area contributed by atoms with Crippen LogP contribution in [0.1, 0.15) is 37.3 Å². The summed E-state index contributed by atoms with van der Waals surface area (Å²) in [5.41, 5.74) is 2.57. The van der Waals surface area contributed by atoms with Crippen LogP contribution in [0.5, 0.6) is 0 Å². The Morgan fingerprint density at radius 3 is 2.85 bits per heavy atom. The first-order valence-corrected chi connectivity index (χ1v) is 9.70. The molecule has 2 fully saturated rings. The molecule has 0 saturated carbocycles. The van der Waals surface area contributed by atoms with Crippen LogP contribution in [0, 0.1) is 0 Å². The molecule has 144 valence electrons. The number of likely N-dealkylation sites (N-methyl/N-ethyl adjacent to an activating group) is 1. The Hall–Kier alpha value is -2.50. The largest absolute Gasteiger partial charge is 0.464 e. The fourth-order valence-corrected chi connectivity index (χ4v) is 4.23. The van der Waals surface area contributed by atoms with Gasteiger partial charge in [0, 0.05) is 37.5 Å². The third-order valence-corrected chi connectivity index (χ3v) is 5.86. The molecule has 2 aromatic rings. The van der Waals surface area contributed by atoms with Crippen LogP contribution in [0.4, 0.5) is 4.79 Å². The van der Waals surface area contributed by atoms with Gasteiger partial charge in [-0.3, -0.25) is 4.79 Å². The van der Waals surface area contributed by atoms with Crippen molar-refractivity contribution in [3.63, 3.8) is 0 Å². The van der Waals surface area contributed by atoms with Gasteiger partial charge >= 0.3 is 6.09 Å². The Balaban J connectivity index is 1.45. The highest BCUT2D eigenvalue weighted by atomic mass is 16.6. The lowest BCUT2D eigenvalue weighted by molar-refractivity contribution is -0.130. The van der Waals surface area contributed by atoms with Crippen LogP contribution in [0.3, 0.4) is 0 Å². The summed E-state index contributed by atoms with van der Waals surface area (Å²) in [7, 11) is 1.76. The van der Waals surface area contributed by atoms with Gasteiger partial charge < -0.3 is 19.0 Å². The highest BCUT2D eigenvalue weighted by Gasteiger charge is 2.44. The molecule has 27 heavy (non-hydrogen) atoms. The monoisotopic (exact) mass is 370 g/mol. The van der Waals surface area contributed by atoms with Crippen LogP contribution in [0.25, 0.3) is 11.0 Å². The first kappa shape index (κ1) is 17.9. The first-order valence-electron chi connectivity index (χ1n) is 9.70. The van der Waals surface area contributed by atoms with Crippen LogP contribution in [-0.4, -0.2) is 54.1 Å². The Bertz CT molecular complexity index is 874. The maximum Gasteiger partial charge on any atom is 0.410 e. The molecule has 2 aliphatic heterocycles. The molecule has 0 aliphatic carbocycles. The molecule has 3 heterocycles. The maximum absolute atomic E-state index is 12.9. The van der Waals surface area contributed by atoms with Crippen molar-refractivity contribution in [3.05, 3.63) is 35.6 Å². The smallest absolute Gasteiger partial charge is 0.410 e. The summed E-state index contributed by atoms with van der Waals surface area (Å²) in [5, 5.41) is 1.03. The van der Waals surface area contributed by atoms with Crippen molar-refractivity contribution < 1.29 is 18.7 Å². The minimum atomic E-state index is -0.431. The second kappa shape index (κ2) is 6.91. The Kier molecular flexibility index (Phi) is 4.58. The van der Waals surface area contributed by atoms with Gasteiger partial charge in [0.15, 0.2) is 0 Å². The molecule has 1 aromatic heterocycles. The highest BCUT2D eigenvalue weighted by molar-refractivity contribution is 5.88. The molecule has 0 radical (unpaired) electrons. The summed E-state index contributed by atoms with van der Waals surface area (Å²) in [5.74, 6) is 0.106. The number of furan rings is 1. The van der Waals surface area contributed by atoms with Gasteiger partial charge in [-0.25, -0.2) is 4.79 Å². The average molecular weight is 370 g/mol. The Labute approximate surface area is 159 Å². The normalized spacial score (nSPS) is 23.1. The number of hydrogen-bond donors (Lipinski definition) is 0. The van der Waals surface area contributed by atoms with E-state index >= 15 is 0 Å². The van der Waals surface area contributed by atoms with Gasteiger partial charge in [-0.05, 0) is 37.0 Å². The van der Waals surface area contributed by atoms with Gasteiger partial charge in [0.25, 0.3) is 0 Å². The summed E-state index contributed by atoms with van der Waals surface area (Å²) < 4.78 is 11.3. The number of carbonyl (C=O) groups excluding carboxylic acids is 2. The van der Waals surface area contributed by atoms with E-state index in [2.05, 4.69) is 19.1 Å². The Morgan fingerprint density at radius 2 is 2.11 bits per heavy atom. The van der Waals surface area contributed by atoms with Crippen molar-refractivity contribution in [3.8, 4) is 0 Å².